The van der Waals surface area contributed by atoms with Crippen LogP contribution in [0.1, 0.15) is 5.56 Å². The number of carbonyl (C=O) groups is 1. The number of fused-ring (bicyclic) bond motifs is 2. The van der Waals surface area contributed by atoms with Crippen molar-refractivity contribution in [2.45, 2.75) is 6.42 Å². The Bertz CT molecular complexity index is 2120. The average Bonchev–Trinajstić information content (AvgIpc) is 3.65. The molecule has 4 aromatic heterocycles. The highest BCUT2D eigenvalue weighted by atomic mass is 19.1. The quantitative estimate of drug-likeness (QED) is 0.189. The summed E-state index contributed by atoms with van der Waals surface area (Å²) in [6.07, 6.45) is 5.33. The molecule has 3 aromatic carbocycles. The molecule has 0 aliphatic rings. The van der Waals surface area contributed by atoms with Crippen molar-refractivity contribution >= 4 is 33.4 Å². The molecule has 0 bridgehead atoms. The van der Waals surface area contributed by atoms with Crippen LogP contribution in [0.5, 0.6) is 5.75 Å². The van der Waals surface area contributed by atoms with Crippen molar-refractivity contribution in [1.82, 2.24) is 25.1 Å². The first-order valence-corrected chi connectivity index (χ1v) is 13.6. The molecule has 0 atom stereocenters. The number of halogens is 1. The Kier molecular flexibility index (Phi) is 6.59. The van der Waals surface area contributed by atoms with E-state index in [9.17, 15) is 9.18 Å². The first-order valence-electron chi connectivity index (χ1n) is 13.6. The van der Waals surface area contributed by atoms with Gasteiger partial charge in [-0.25, -0.2) is 4.39 Å². The van der Waals surface area contributed by atoms with E-state index in [1.54, 1.807) is 18.6 Å². The van der Waals surface area contributed by atoms with Crippen molar-refractivity contribution in [3.05, 3.63) is 115 Å². The van der Waals surface area contributed by atoms with E-state index in [2.05, 4.69) is 30.5 Å². The predicted molar refractivity (Wildman–Crippen MR) is 165 cm³/mol. The first-order chi connectivity index (χ1) is 21.0. The fourth-order valence-electron chi connectivity index (χ4n) is 5.29. The number of methoxy groups -OCH3 is 1. The van der Waals surface area contributed by atoms with Crippen LogP contribution in [0.3, 0.4) is 0 Å². The lowest BCUT2D eigenvalue weighted by Gasteiger charge is -2.07. The van der Waals surface area contributed by atoms with Crippen molar-refractivity contribution in [2.24, 2.45) is 0 Å². The number of hydrogen-bond acceptors (Lipinski definition) is 5. The minimum atomic E-state index is -0.366. The van der Waals surface area contributed by atoms with E-state index >= 15 is 0 Å². The predicted octanol–water partition coefficient (Wildman–Crippen LogP) is 7.16. The standard InChI is InChI=1S/C34H25FN6O2/c1-43-25-13-21(11-23(35)14-25)26-8-5-9-29-27(26)15-31(39-29)34-28-16-30(37-19-32(28)40-41-34)22-12-24(18-36-17-22)38-33(42)10-20-6-3-2-4-7-20/h2-9,11-19,39H,10H2,1H3,(H,38,42)(H,40,41). The summed E-state index contributed by atoms with van der Waals surface area (Å²) in [6, 6.07) is 25.9. The van der Waals surface area contributed by atoms with Gasteiger partial charge >= 0.3 is 0 Å². The molecular weight excluding hydrogens is 543 g/mol. The number of rotatable bonds is 7. The third kappa shape index (κ3) is 5.19. The van der Waals surface area contributed by atoms with E-state index in [0.717, 1.165) is 55.4 Å². The first kappa shape index (κ1) is 26.1. The summed E-state index contributed by atoms with van der Waals surface area (Å²) in [5, 5.41) is 12.4. The number of benzene rings is 3. The monoisotopic (exact) mass is 568 g/mol. The van der Waals surface area contributed by atoms with E-state index in [0.29, 0.717) is 17.1 Å². The number of hydrogen-bond donors (Lipinski definition) is 3. The maximum atomic E-state index is 14.3. The molecule has 0 radical (unpaired) electrons. The van der Waals surface area contributed by atoms with Crippen molar-refractivity contribution in [3.63, 3.8) is 0 Å². The van der Waals surface area contributed by atoms with Gasteiger partial charge in [0.25, 0.3) is 0 Å². The molecule has 4 heterocycles. The van der Waals surface area contributed by atoms with Gasteiger partial charge < -0.3 is 15.0 Å². The van der Waals surface area contributed by atoms with Gasteiger partial charge in [-0.15, -0.1) is 0 Å². The fourth-order valence-corrected chi connectivity index (χ4v) is 5.29. The number of nitrogens with zero attached hydrogens (tertiary/aromatic N) is 3. The zero-order valence-corrected chi connectivity index (χ0v) is 23.1. The topological polar surface area (TPSA) is 109 Å². The second kappa shape index (κ2) is 10.9. The molecule has 0 aliphatic carbocycles. The highest BCUT2D eigenvalue weighted by Gasteiger charge is 2.16. The Morgan fingerprint density at radius 1 is 0.884 bits per heavy atom. The zero-order chi connectivity index (χ0) is 29.3. The van der Waals surface area contributed by atoms with Crippen LogP contribution in [0.4, 0.5) is 10.1 Å². The third-order valence-corrected chi connectivity index (χ3v) is 7.31. The van der Waals surface area contributed by atoms with Gasteiger partial charge in [-0.3, -0.25) is 19.9 Å². The SMILES string of the molecule is COc1cc(F)cc(-c2cccc3[nH]c(-c4n[nH]c5cnc(-c6cncc(NC(=O)Cc7ccccc7)c6)cc45)cc23)c1. The molecule has 8 nitrogen and oxygen atoms in total. The van der Waals surface area contributed by atoms with E-state index in [1.165, 1.54) is 19.2 Å². The molecule has 0 spiro atoms. The molecule has 0 saturated carbocycles. The summed E-state index contributed by atoms with van der Waals surface area (Å²) >= 11 is 0. The van der Waals surface area contributed by atoms with Crippen LogP contribution in [0.15, 0.2) is 104 Å². The Balaban J connectivity index is 1.22. The summed E-state index contributed by atoms with van der Waals surface area (Å²) in [4.78, 5) is 25.0. The van der Waals surface area contributed by atoms with E-state index in [1.807, 2.05) is 72.8 Å². The number of amides is 1. The molecule has 1 amide bonds. The number of pyridine rings is 2. The molecular formula is C34H25FN6O2. The second-order valence-corrected chi connectivity index (χ2v) is 10.2. The molecule has 0 aliphatic heterocycles. The number of aromatic amines is 2. The highest BCUT2D eigenvalue weighted by molar-refractivity contribution is 6.01. The van der Waals surface area contributed by atoms with Crippen LogP contribution >= 0.6 is 0 Å². The Hall–Kier alpha value is -5.83. The number of anilines is 1. The van der Waals surface area contributed by atoms with Gasteiger partial charge in [0.2, 0.25) is 5.91 Å². The lowest BCUT2D eigenvalue weighted by Crippen LogP contribution is -2.14. The molecule has 7 rings (SSSR count). The van der Waals surface area contributed by atoms with Crippen LogP contribution < -0.4 is 10.1 Å². The maximum Gasteiger partial charge on any atom is 0.228 e. The number of H-pyrrole nitrogens is 2. The lowest BCUT2D eigenvalue weighted by atomic mass is 10.0. The molecule has 210 valence electrons. The summed E-state index contributed by atoms with van der Waals surface area (Å²) in [5.41, 5.74) is 7.74. The van der Waals surface area contributed by atoms with Crippen molar-refractivity contribution in [2.75, 3.05) is 12.4 Å². The summed E-state index contributed by atoms with van der Waals surface area (Å²) in [7, 11) is 1.52. The van der Waals surface area contributed by atoms with Crippen LogP contribution in [-0.4, -0.2) is 38.2 Å². The molecule has 0 unspecified atom stereocenters. The fraction of sp³-hybridized carbons (Fsp3) is 0.0588. The number of aromatic nitrogens is 5. The largest absolute Gasteiger partial charge is 0.497 e. The summed E-state index contributed by atoms with van der Waals surface area (Å²) in [5.74, 6) is -0.0364. The maximum absolute atomic E-state index is 14.3. The van der Waals surface area contributed by atoms with E-state index < -0.39 is 0 Å². The molecule has 0 saturated heterocycles. The van der Waals surface area contributed by atoms with Gasteiger partial charge in [0, 0.05) is 34.1 Å². The minimum absolute atomic E-state index is 0.124. The number of nitrogens with one attached hydrogen (secondary N) is 3. The van der Waals surface area contributed by atoms with Crippen LogP contribution in [-0.2, 0) is 11.2 Å². The summed E-state index contributed by atoms with van der Waals surface area (Å²) < 4.78 is 19.6. The average molecular weight is 569 g/mol. The molecule has 43 heavy (non-hydrogen) atoms. The van der Waals surface area contributed by atoms with Crippen molar-refractivity contribution in [3.8, 4) is 39.5 Å². The van der Waals surface area contributed by atoms with Gasteiger partial charge in [-0.2, -0.15) is 5.10 Å². The van der Waals surface area contributed by atoms with Gasteiger partial charge in [0.05, 0.1) is 48.5 Å². The van der Waals surface area contributed by atoms with Gasteiger partial charge in [0.1, 0.15) is 17.3 Å². The van der Waals surface area contributed by atoms with E-state index in [-0.39, 0.29) is 18.1 Å². The van der Waals surface area contributed by atoms with Crippen LogP contribution in [0, 0.1) is 5.82 Å². The molecule has 0 fully saturated rings. The second-order valence-electron chi connectivity index (χ2n) is 10.2. The highest BCUT2D eigenvalue weighted by Crippen LogP contribution is 2.36. The normalized spacial score (nSPS) is 11.2. The van der Waals surface area contributed by atoms with Crippen LogP contribution in [0.2, 0.25) is 0 Å². The zero-order valence-electron chi connectivity index (χ0n) is 23.1. The Labute approximate surface area is 245 Å². The number of ether oxygens (including phenoxy) is 1. The smallest absolute Gasteiger partial charge is 0.228 e. The Morgan fingerprint density at radius 2 is 1.77 bits per heavy atom. The Morgan fingerprint density at radius 3 is 2.63 bits per heavy atom. The third-order valence-electron chi connectivity index (χ3n) is 7.31. The molecule has 7 aromatic rings. The van der Waals surface area contributed by atoms with Crippen LogP contribution in [0.25, 0.3) is 55.6 Å². The summed E-state index contributed by atoms with van der Waals surface area (Å²) in [6.45, 7) is 0. The van der Waals surface area contributed by atoms with Gasteiger partial charge in [-0.1, -0.05) is 42.5 Å². The van der Waals surface area contributed by atoms with E-state index in [4.69, 9.17) is 4.74 Å². The van der Waals surface area contributed by atoms with Crippen molar-refractivity contribution in [1.29, 1.82) is 0 Å². The van der Waals surface area contributed by atoms with Gasteiger partial charge in [-0.05, 0) is 53.1 Å². The molecule has 3 N–H and O–H groups in total. The number of carbonyl (C=O) groups excluding carboxylic acids is 1. The van der Waals surface area contributed by atoms with Gasteiger partial charge in [0.15, 0.2) is 0 Å². The lowest BCUT2D eigenvalue weighted by molar-refractivity contribution is -0.115. The van der Waals surface area contributed by atoms with Crippen molar-refractivity contribution < 1.29 is 13.9 Å². The molecule has 9 heteroatoms. The minimum Gasteiger partial charge on any atom is -0.497 e.